The van der Waals surface area contributed by atoms with Gasteiger partial charge in [-0.2, -0.15) is 0 Å². The summed E-state index contributed by atoms with van der Waals surface area (Å²) in [5.74, 6) is 1.37. The van der Waals surface area contributed by atoms with Gasteiger partial charge in [-0.05, 0) is 12.1 Å². The number of amides is 1. The standard InChI is InChI=1S/C23H23N5O2S2/c1-17(29)28(20-11-7-4-8-12-20)22-24-19(15-31-22)16-32-23-26-25-21(27(23)13-14-30-2)18-9-5-3-6-10-18/h3-12,15H,13-14,16H2,1-2H3. The number of rotatable bonds is 9. The number of benzene rings is 2. The van der Waals surface area contributed by atoms with E-state index in [1.807, 2.05) is 66.0 Å². The van der Waals surface area contributed by atoms with Crippen LogP contribution in [-0.4, -0.2) is 39.4 Å². The smallest absolute Gasteiger partial charge is 0.230 e. The fourth-order valence-corrected chi connectivity index (χ4v) is 5.04. The molecule has 32 heavy (non-hydrogen) atoms. The summed E-state index contributed by atoms with van der Waals surface area (Å²) in [6.07, 6.45) is 0. The lowest BCUT2D eigenvalue weighted by atomic mass is 10.2. The molecular weight excluding hydrogens is 442 g/mol. The van der Waals surface area contributed by atoms with E-state index < -0.39 is 0 Å². The number of carbonyl (C=O) groups excluding carboxylic acids is 1. The molecule has 0 aliphatic heterocycles. The Morgan fingerprint density at radius 3 is 2.50 bits per heavy atom. The van der Waals surface area contributed by atoms with Gasteiger partial charge in [-0.15, -0.1) is 21.5 Å². The number of hydrogen-bond donors (Lipinski definition) is 0. The van der Waals surface area contributed by atoms with Crippen LogP contribution in [0.1, 0.15) is 12.6 Å². The fourth-order valence-electron chi connectivity index (χ4n) is 3.19. The Bertz CT molecular complexity index is 1160. The number of hydrogen-bond acceptors (Lipinski definition) is 7. The second-order valence-electron chi connectivity index (χ2n) is 6.92. The molecule has 0 saturated heterocycles. The first-order chi connectivity index (χ1) is 15.7. The maximum absolute atomic E-state index is 12.3. The van der Waals surface area contributed by atoms with Crippen LogP contribution in [-0.2, 0) is 21.8 Å². The predicted octanol–water partition coefficient (Wildman–Crippen LogP) is 5.02. The highest BCUT2D eigenvalue weighted by Gasteiger charge is 2.19. The first kappa shape index (κ1) is 22.2. The van der Waals surface area contributed by atoms with Crippen molar-refractivity contribution in [3.63, 3.8) is 0 Å². The largest absolute Gasteiger partial charge is 0.383 e. The summed E-state index contributed by atoms with van der Waals surface area (Å²) in [5, 5.41) is 12.3. The Balaban J connectivity index is 1.53. The van der Waals surface area contributed by atoms with Crippen LogP contribution in [0.3, 0.4) is 0 Å². The molecule has 0 saturated carbocycles. The summed E-state index contributed by atoms with van der Waals surface area (Å²) in [6.45, 7) is 2.77. The normalized spacial score (nSPS) is 10.9. The van der Waals surface area contributed by atoms with Gasteiger partial charge in [0.2, 0.25) is 5.91 Å². The molecule has 0 aliphatic carbocycles. The molecule has 0 bridgehead atoms. The molecule has 0 radical (unpaired) electrons. The molecule has 0 atom stereocenters. The Kier molecular flexibility index (Phi) is 7.31. The van der Waals surface area contributed by atoms with Crippen molar-refractivity contribution in [1.29, 1.82) is 0 Å². The highest BCUT2D eigenvalue weighted by Crippen LogP contribution is 2.31. The quantitative estimate of drug-likeness (QED) is 0.323. The van der Waals surface area contributed by atoms with Crippen molar-refractivity contribution in [3.05, 3.63) is 71.7 Å². The van der Waals surface area contributed by atoms with Crippen molar-refractivity contribution in [3.8, 4) is 11.4 Å². The van der Waals surface area contributed by atoms with Gasteiger partial charge in [0, 0.05) is 30.7 Å². The Morgan fingerprint density at radius 1 is 1.09 bits per heavy atom. The van der Waals surface area contributed by atoms with E-state index in [1.165, 1.54) is 11.3 Å². The molecule has 4 aromatic rings. The maximum Gasteiger partial charge on any atom is 0.230 e. The molecule has 2 heterocycles. The molecule has 4 rings (SSSR count). The Hall–Kier alpha value is -3.01. The van der Waals surface area contributed by atoms with E-state index in [4.69, 9.17) is 9.72 Å². The maximum atomic E-state index is 12.3. The Labute approximate surface area is 195 Å². The highest BCUT2D eigenvalue weighted by atomic mass is 32.2. The van der Waals surface area contributed by atoms with Gasteiger partial charge in [-0.3, -0.25) is 14.3 Å². The minimum Gasteiger partial charge on any atom is -0.383 e. The minimum absolute atomic E-state index is 0.0726. The van der Waals surface area contributed by atoms with Gasteiger partial charge in [0.15, 0.2) is 16.1 Å². The minimum atomic E-state index is -0.0726. The summed E-state index contributed by atoms with van der Waals surface area (Å²) in [7, 11) is 1.68. The van der Waals surface area contributed by atoms with E-state index in [1.54, 1.807) is 30.7 Å². The van der Waals surface area contributed by atoms with Gasteiger partial charge in [-0.25, -0.2) is 4.98 Å². The SMILES string of the molecule is COCCn1c(SCc2csc(N(C(C)=O)c3ccccc3)n2)nnc1-c1ccccc1. The zero-order valence-corrected chi connectivity index (χ0v) is 19.5. The molecular formula is C23H23N5O2S2. The van der Waals surface area contributed by atoms with Gasteiger partial charge < -0.3 is 4.74 Å². The van der Waals surface area contributed by atoms with E-state index in [0.29, 0.717) is 24.0 Å². The van der Waals surface area contributed by atoms with E-state index >= 15 is 0 Å². The summed E-state index contributed by atoms with van der Waals surface area (Å²) in [4.78, 5) is 18.6. The summed E-state index contributed by atoms with van der Waals surface area (Å²) >= 11 is 3.02. The lowest BCUT2D eigenvalue weighted by Crippen LogP contribution is -2.22. The first-order valence-electron chi connectivity index (χ1n) is 10.1. The van der Waals surface area contributed by atoms with Crippen LogP contribution in [0.5, 0.6) is 0 Å². The molecule has 2 aromatic heterocycles. The van der Waals surface area contributed by atoms with Crippen molar-refractivity contribution in [1.82, 2.24) is 19.7 Å². The van der Waals surface area contributed by atoms with E-state index in [0.717, 1.165) is 27.9 Å². The topological polar surface area (TPSA) is 73.1 Å². The Morgan fingerprint density at radius 2 is 1.81 bits per heavy atom. The predicted molar refractivity (Wildman–Crippen MR) is 128 cm³/mol. The second-order valence-corrected chi connectivity index (χ2v) is 8.70. The monoisotopic (exact) mass is 465 g/mol. The van der Waals surface area contributed by atoms with Crippen LogP contribution in [0.2, 0.25) is 0 Å². The van der Waals surface area contributed by atoms with Crippen LogP contribution in [0.15, 0.2) is 71.2 Å². The average molecular weight is 466 g/mol. The number of thioether (sulfide) groups is 1. The second kappa shape index (κ2) is 10.5. The average Bonchev–Trinajstić information content (AvgIpc) is 3.44. The highest BCUT2D eigenvalue weighted by molar-refractivity contribution is 7.98. The van der Waals surface area contributed by atoms with Crippen molar-refractivity contribution in [2.24, 2.45) is 0 Å². The van der Waals surface area contributed by atoms with Crippen LogP contribution < -0.4 is 4.90 Å². The van der Waals surface area contributed by atoms with Crippen molar-refractivity contribution in [2.45, 2.75) is 24.4 Å². The zero-order valence-electron chi connectivity index (χ0n) is 17.8. The number of ether oxygens (including phenoxy) is 1. The van der Waals surface area contributed by atoms with Crippen LogP contribution in [0.4, 0.5) is 10.8 Å². The number of nitrogens with zero attached hydrogens (tertiary/aromatic N) is 5. The number of anilines is 2. The third kappa shape index (κ3) is 5.07. The van der Waals surface area contributed by atoms with Crippen LogP contribution in [0.25, 0.3) is 11.4 Å². The number of carbonyl (C=O) groups is 1. The molecule has 0 spiro atoms. The first-order valence-corrected chi connectivity index (χ1v) is 11.9. The molecule has 0 fully saturated rings. The summed E-state index contributed by atoms with van der Waals surface area (Å²) in [5.41, 5.74) is 2.71. The van der Waals surface area contributed by atoms with Gasteiger partial charge >= 0.3 is 0 Å². The molecule has 0 N–H and O–H groups in total. The van der Waals surface area contributed by atoms with Crippen LogP contribution >= 0.6 is 23.1 Å². The number of methoxy groups -OCH3 is 1. The third-order valence-corrected chi connectivity index (χ3v) is 6.55. The van der Waals surface area contributed by atoms with Crippen LogP contribution in [0, 0.1) is 0 Å². The summed E-state index contributed by atoms with van der Waals surface area (Å²) < 4.78 is 7.36. The molecule has 2 aromatic carbocycles. The summed E-state index contributed by atoms with van der Waals surface area (Å²) in [6, 6.07) is 19.6. The van der Waals surface area contributed by atoms with Gasteiger partial charge in [0.05, 0.1) is 24.5 Å². The van der Waals surface area contributed by atoms with Crippen molar-refractivity contribution >= 4 is 39.8 Å². The van der Waals surface area contributed by atoms with Gasteiger partial charge in [0.1, 0.15) is 0 Å². The number of thiazole rings is 1. The molecule has 164 valence electrons. The molecule has 7 nitrogen and oxygen atoms in total. The molecule has 1 amide bonds. The zero-order chi connectivity index (χ0) is 22.3. The van der Waals surface area contributed by atoms with E-state index in [2.05, 4.69) is 14.8 Å². The lowest BCUT2D eigenvalue weighted by Gasteiger charge is -2.17. The number of para-hydroxylation sites is 1. The number of aromatic nitrogens is 4. The van der Waals surface area contributed by atoms with Crippen molar-refractivity contribution < 1.29 is 9.53 Å². The molecule has 0 aliphatic rings. The molecule has 0 unspecified atom stereocenters. The lowest BCUT2D eigenvalue weighted by molar-refractivity contribution is -0.115. The third-order valence-electron chi connectivity index (χ3n) is 4.68. The fraction of sp³-hybridized carbons (Fsp3) is 0.217. The van der Waals surface area contributed by atoms with Gasteiger partial charge in [0.25, 0.3) is 0 Å². The van der Waals surface area contributed by atoms with Gasteiger partial charge in [-0.1, -0.05) is 60.3 Å². The van der Waals surface area contributed by atoms with E-state index in [-0.39, 0.29) is 5.91 Å². The van der Waals surface area contributed by atoms with Crippen molar-refractivity contribution in [2.75, 3.05) is 18.6 Å². The molecule has 9 heteroatoms. The van der Waals surface area contributed by atoms with E-state index in [9.17, 15) is 4.79 Å².